The first-order chi connectivity index (χ1) is 8.76. The summed E-state index contributed by atoms with van der Waals surface area (Å²) in [7, 11) is 2.96. The van der Waals surface area contributed by atoms with E-state index in [-0.39, 0.29) is 11.6 Å². The lowest BCUT2D eigenvalue weighted by atomic mass is 10.1. The second kappa shape index (κ2) is 6.02. The lowest BCUT2D eigenvalue weighted by Crippen LogP contribution is -2.43. The van der Waals surface area contributed by atoms with Crippen LogP contribution in [0.25, 0.3) is 0 Å². The summed E-state index contributed by atoms with van der Waals surface area (Å²) >= 11 is 0. The molecular formula is C13H19FN2O2. The molecule has 1 aliphatic rings. The van der Waals surface area contributed by atoms with Crippen molar-refractivity contribution in [1.29, 1.82) is 0 Å². The van der Waals surface area contributed by atoms with Gasteiger partial charge < -0.3 is 14.8 Å². The fourth-order valence-corrected chi connectivity index (χ4v) is 2.16. The van der Waals surface area contributed by atoms with Gasteiger partial charge in [-0.2, -0.15) is 0 Å². The smallest absolute Gasteiger partial charge is 0.197 e. The Labute approximate surface area is 107 Å². The molecule has 0 radical (unpaired) electrons. The molecule has 4 nitrogen and oxygen atoms in total. The molecule has 1 aromatic rings. The molecule has 1 heterocycles. The highest BCUT2D eigenvalue weighted by Crippen LogP contribution is 2.32. The number of ether oxygens (including phenoxy) is 2. The van der Waals surface area contributed by atoms with E-state index in [1.165, 1.54) is 14.2 Å². The Balaban J connectivity index is 2.17. The van der Waals surface area contributed by atoms with Crippen molar-refractivity contribution in [3.63, 3.8) is 0 Å². The fourth-order valence-electron chi connectivity index (χ4n) is 2.16. The molecule has 5 heteroatoms. The summed E-state index contributed by atoms with van der Waals surface area (Å²) in [5.41, 5.74) is 0.648. The average molecular weight is 254 g/mol. The second-order valence-electron chi connectivity index (χ2n) is 4.30. The van der Waals surface area contributed by atoms with E-state index in [1.807, 2.05) is 0 Å². The SMILES string of the molecule is COc1ccc(CN2CCNCC2)c(F)c1OC. The van der Waals surface area contributed by atoms with Crippen LogP contribution in [0.4, 0.5) is 4.39 Å². The topological polar surface area (TPSA) is 33.7 Å². The molecule has 0 aromatic heterocycles. The van der Waals surface area contributed by atoms with Crippen molar-refractivity contribution < 1.29 is 13.9 Å². The van der Waals surface area contributed by atoms with Gasteiger partial charge in [-0.15, -0.1) is 0 Å². The zero-order valence-corrected chi connectivity index (χ0v) is 10.8. The average Bonchev–Trinajstić information content (AvgIpc) is 2.42. The highest BCUT2D eigenvalue weighted by Gasteiger charge is 2.17. The van der Waals surface area contributed by atoms with Gasteiger partial charge in [0.25, 0.3) is 0 Å². The molecule has 2 rings (SSSR count). The molecule has 0 amide bonds. The molecule has 0 saturated carbocycles. The van der Waals surface area contributed by atoms with Crippen LogP contribution < -0.4 is 14.8 Å². The predicted octanol–water partition coefficient (Wildman–Crippen LogP) is 1.25. The molecule has 18 heavy (non-hydrogen) atoms. The fraction of sp³-hybridized carbons (Fsp3) is 0.538. The summed E-state index contributed by atoms with van der Waals surface area (Å²) in [5, 5.41) is 3.28. The van der Waals surface area contributed by atoms with Crippen LogP contribution in [0, 0.1) is 5.82 Å². The number of piperazine rings is 1. The van der Waals surface area contributed by atoms with Crippen molar-refractivity contribution in [2.75, 3.05) is 40.4 Å². The minimum atomic E-state index is -0.324. The Bertz CT molecular complexity index is 406. The summed E-state index contributed by atoms with van der Waals surface area (Å²) < 4.78 is 24.4. The van der Waals surface area contributed by atoms with Crippen LogP contribution in [-0.2, 0) is 6.54 Å². The molecule has 1 saturated heterocycles. The Morgan fingerprint density at radius 2 is 1.94 bits per heavy atom. The first-order valence-electron chi connectivity index (χ1n) is 6.08. The van der Waals surface area contributed by atoms with Crippen molar-refractivity contribution in [1.82, 2.24) is 10.2 Å². The maximum atomic E-state index is 14.2. The number of nitrogens with zero attached hydrogens (tertiary/aromatic N) is 1. The van der Waals surface area contributed by atoms with Gasteiger partial charge >= 0.3 is 0 Å². The molecule has 1 aromatic carbocycles. The van der Waals surface area contributed by atoms with Crippen LogP contribution in [0.15, 0.2) is 12.1 Å². The van der Waals surface area contributed by atoms with Gasteiger partial charge in [-0.1, -0.05) is 6.07 Å². The maximum Gasteiger partial charge on any atom is 0.197 e. The minimum absolute atomic E-state index is 0.185. The highest BCUT2D eigenvalue weighted by atomic mass is 19.1. The van der Waals surface area contributed by atoms with E-state index >= 15 is 0 Å². The molecule has 1 fully saturated rings. The van der Waals surface area contributed by atoms with Gasteiger partial charge in [0.15, 0.2) is 17.3 Å². The number of methoxy groups -OCH3 is 2. The standard InChI is InChI=1S/C13H19FN2O2/c1-17-11-4-3-10(12(14)13(11)18-2)9-16-7-5-15-6-8-16/h3-4,15H,5-9H2,1-2H3. The van der Waals surface area contributed by atoms with Gasteiger partial charge in [-0.3, -0.25) is 4.90 Å². The van der Waals surface area contributed by atoms with Crippen LogP contribution in [0.5, 0.6) is 11.5 Å². The Kier molecular flexibility index (Phi) is 4.38. The molecule has 0 aliphatic carbocycles. The number of hydrogen-bond donors (Lipinski definition) is 1. The van der Waals surface area contributed by atoms with Crippen LogP contribution in [0.1, 0.15) is 5.56 Å². The van der Waals surface area contributed by atoms with Gasteiger partial charge in [-0.25, -0.2) is 4.39 Å². The van der Waals surface area contributed by atoms with E-state index in [1.54, 1.807) is 12.1 Å². The van der Waals surface area contributed by atoms with Gasteiger partial charge in [-0.05, 0) is 6.07 Å². The number of benzene rings is 1. The van der Waals surface area contributed by atoms with Crippen molar-refractivity contribution >= 4 is 0 Å². The van der Waals surface area contributed by atoms with Gasteiger partial charge in [0.2, 0.25) is 0 Å². The highest BCUT2D eigenvalue weighted by molar-refractivity contribution is 5.44. The lowest BCUT2D eigenvalue weighted by molar-refractivity contribution is 0.229. The van der Waals surface area contributed by atoms with Crippen LogP contribution in [-0.4, -0.2) is 45.3 Å². The zero-order valence-electron chi connectivity index (χ0n) is 10.8. The molecule has 0 unspecified atom stereocenters. The zero-order chi connectivity index (χ0) is 13.0. The quantitative estimate of drug-likeness (QED) is 0.876. The Morgan fingerprint density at radius 1 is 1.22 bits per heavy atom. The van der Waals surface area contributed by atoms with E-state index in [0.29, 0.717) is 17.9 Å². The van der Waals surface area contributed by atoms with Crippen molar-refractivity contribution in [3.05, 3.63) is 23.5 Å². The molecule has 0 spiro atoms. The minimum Gasteiger partial charge on any atom is -0.493 e. The summed E-state index contributed by atoms with van der Waals surface area (Å²) in [5.74, 6) is 0.291. The monoisotopic (exact) mass is 254 g/mol. The Hall–Kier alpha value is -1.33. The van der Waals surface area contributed by atoms with E-state index in [2.05, 4.69) is 10.2 Å². The summed E-state index contributed by atoms with van der Waals surface area (Å²) in [6.45, 7) is 4.39. The van der Waals surface area contributed by atoms with Crippen LogP contribution >= 0.6 is 0 Å². The van der Waals surface area contributed by atoms with E-state index in [9.17, 15) is 4.39 Å². The van der Waals surface area contributed by atoms with Crippen molar-refractivity contribution in [2.24, 2.45) is 0 Å². The lowest BCUT2D eigenvalue weighted by Gasteiger charge is -2.27. The number of rotatable bonds is 4. The van der Waals surface area contributed by atoms with Crippen LogP contribution in [0.2, 0.25) is 0 Å². The number of nitrogens with one attached hydrogen (secondary N) is 1. The number of halogens is 1. The summed E-state index contributed by atoms with van der Waals surface area (Å²) in [6.07, 6.45) is 0. The summed E-state index contributed by atoms with van der Waals surface area (Å²) in [4.78, 5) is 2.22. The van der Waals surface area contributed by atoms with E-state index in [4.69, 9.17) is 9.47 Å². The van der Waals surface area contributed by atoms with Crippen molar-refractivity contribution in [3.8, 4) is 11.5 Å². The third kappa shape index (κ3) is 2.73. The van der Waals surface area contributed by atoms with Gasteiger partial charge in [0.05, 0.1) is 14.2 Å². The van der Waals surface area contributed by atoms with E-state index < -0.39 is 0 Å². The molecule has 1 aliphatic heterocycles. The molecule has 100 valence electrons. The molecular weight excluding hydrogens is 235 g/mol. The Morgan fingerprint density at radius 3 is 2.56 bits per heavy atom. The normalized spacial score (nSPS) is 16.6. The first kappa shape index (κ1) is 13.1. The largest absolute Gasteiger partial charge is 0.493 e. The predicted molar refractivity (Wildman–Crippen MR) is 67.7 cm³/mol. The third-order valence-electron chi connectivity index (χ3n) is 3.17. The number of hydrogen-bond acceptors (Lipinski definition) is 4. The van der Waals surface area contributed by atoms with Crippen molar-refractivity contribution in [2.45, 2.75) is 6.54 Å². The van der Waals surface area contributed by atoms with Gasteiger partial charge in [0.1, 0.15) is 0 Å². The summed E-state index contributed by atoms with van der Waals surface area (Å²) in [6, 6.07) is 3.51. The molecule has 0 bridgehead atoms. The third-order valence-corrected chi connectivity index (χ3v) is 3.17. The maximum absolute atomic E-state index is 14.2. The first-order valence-corrected chi connectivity index (χ1v) is 6.08. The molecule has 1 N–H and O–H groups in total. The second-order valence-corrected chi connectivity index (χ2v) is 4.30. The van der Waals surface area contributed by atoms with Gasteiger partial charge in [0, 0.05) is 38.3 Å². The molecule has 0 atom stereocenters. The van der Waals surface area contributed by atoms with E-state index in [0.717, 1.165) is 26.2 Å². The van der Waals surface area contributed by atoms with Crippen LogP contribution in [0.3, 0.4) is 0 Å².